The van der Waals surface area contributed by atoms with Gasteiger partial charge in [-0.3, -0.25) is 4.90 Å². The summed E-state index contributed by atoms with van der Waals surface area (Å²) in [6, 6.07) is 11.8. The van der Waals surface area contributed by atoms with Crippen LogP contribution in [0.25, 0.3) is 0 Å². The molecule has 106 valence electrons. The first-order valence-electron chi connectivity index (χ1n) is 7.58. The quantitative estimate of drug-likeness (QED) is 0.893. The molecule has 1 aromatic rings. The lowest BCUT2D eigenvalue weighted by atomic mass is 9.89. The van der Waals surface area contributed by atoms with Crippen LogP contribution >= 0.6 is 0 Å². The molecule has 1 fully saturated rings. The zero-order valence-corrected chi connectivity index (χ0v) is 12.8. The molecular weight excluding hydrogens is 232 g/mol. The number of nitrogens with one attached hydrogen (secondary N) is 1. The van der Waals surface area contributed by atoms with Gasteiger partial charge in [0.05, 0.1) is 0 Å². The minimum atomic E-state index is 0.415. The second-order valence-electron chi connectivity index (χ2n) is 6.32. The third-order valence-corrected chi connectivity index (χ3v) is 4.43. The highest BCUT2D eigenvalue weighted by Gasteiger charge is 2.29. The highest BCUT2D eigenvalue weighted by atomic mass is 15.2. The molecule has 0 spiro atoms. The van der Waals surface area contributed by atoms with E-state index < -0.39 is 0 Å². The predicted octanol–water partition coefficient (Wildman–Crippen LogP) is 3.31. The predicted molar refractivity (Wildman–Crippen MR) is 82.2 cm³/mol. The lowest BCUT2D eigenvalue weighted by molar-refractivity contribution is 0.0848. The van der Waals surface area contributed by atoms with Crippen molar-refractivity contribution in [3.8, 4) is 0 Å². The van der Waals surface area contributed by atoms with E-state index in [4.69, 9.17) is 0 Å². The third kappa shape index (κ3) is 3.58. The maximum Gasteiger partial charge on any atom is 0.0473 e. The molecule has 0 radical (unpaired) electrons. The zero-order chi connectivity index (χ0) is 13.8. The van der Waals surface area contributed by atoms with Crippen LogP contribution in [0.1, 0.15) is 38.8 Å². The first kappa shape index (κ1) is 14.5. The smallest absolute Gasteiger partial charge is 0.0473 e. The van der Waals surface area contributed by atoms with Crippen molar-refractivity contribution in [2.75, 3.05) is 20.1 Å². The molecular formula is C17H28N2. The van der Waals surface area contributed by atoms with Crippen LogP contribution in [0.3, 0.4) is 0 Å². The van der Waals surface area contributed by atoms with Crippen molar-refractivity contribution in [2.45, 2.75) is 39.3 Å². The van der Waals surface area contributed by atoms with E-state index in [-0.39, 0.29) is 0 Å². The number of likely N-dealkylation sites (tertiary alicyclic amines) is 1. The fraction of sp³-hybridized carbons (Fsp3) is 0.647. The summed E-state index contributed by atoms with van der Waals surface area (Å²) in [5.41, 5.74) is 1.39. The van der Waals surface area contributed by atoms with E-state index in [9.17, 15) is 0 Å². The molecule has 1 aromatic carbocycles. The Balaban J connectivity index is 2.10. The lowest BCUT2D eigenvalue weighted by Crippen LogP contribution is -2.48. The Bertz CT molecular complexity index is 366. The zero-order valence-electron chi connectivity index (χ0n) is 12.8. The lowest BCUT2D eigenvalue weighted by Gasteiger charge is -2.41. The molecule has 4 atom stereocenters. The van der Waals surface area contributed by atoms with E-state index in [1.807, 2.05) is 0 Å². The average molecular weight is 260 g/mol. The minimum Gasteiger partial charge on any atom is -0.312 e. The number of benzene rings is 1. The van der Waals surface area contributed by atoms with Crippen LogP contribution in [0.2, 0.25) is 0 Å². The summed E-state index contributed by atoms with van der Waals surface area (Å²) in [6.45, 7) is 9.59. The molecule has 2 heteroatoms. The molecule has 1 aliphatic rings. The molecule has 19 heavy (non-hydrogen) atoms. The Labute approximate surface area is 118 Å². The Morgan fingerprint density at radius 1 is 1.11 bits per heavy atom. The van der Waals surface area contributed by atoms with Crippen molar-refractivity contribution >= 4 is 0 Å². The number of hydrogen-bond donors (Lipinski definition) is 1. The molecule has 1 heterocycles. The topological polar surface area (TPSA) is 15.3 Å². The summed E-state index contributed by atoms with van der Waals surface area (Å²) in [5.74, 6) is 1.64. The molecule has 2 rings (SSSR count). The summed E-state index contributed by atoms with van der Waals surface area (Å²) in [6.07, 6.45) is 1.37. The summed E-state index contributed by atoms with van der Waals surface area (Å²) >= 11 is 0. The number of rotatable bonds is 4. The maximum atomic E-state index is 3.50. The fourth-order valence-electron chi connectivity index (χ4n) is 3.60. The molecule has 0 aromatic heterocycles. The number of piperidine rings is 1. The second-order valence-corrected chi connectivity index (χ2v) is 6.32. The van der Waals surface area contributed by atoms with E-state index in [2.05, 4.69) is 68.4 Å². The normalized spacial score (nSPS) is 28.0. The van der Waals surface area contributed by atoms with Gasteiger partial charge in [-0.2, -0.15) is 0 Å². The van der Waals surface area contributed by atoms with Crippen LogP contribution in [0.4, 0.5) is 0 Å². The van der Waals surface area contributed by atoms with Crippen LogP contribution in [0.15, 0.2) is 30.3 Å². The van der Waals surface area contributed by atoms with E-state index in [1.54, 1.807) is 0 Å². The minimum absolute atomic E-state index is 0.415. The van der Waals surface area contributed by atoms with E-state index in [0.717, 1.165) is 11.8 Å². The van der Waals surface area contributed by atoms with Crippen molar-refractivity contribution in [1.82, 2.24) is 10.2 Å². The van der Waals surface area contributed by atoms with Gasteiger partial charge in [0.25, 0.3) is 0 Å². The third-order valence-electron chi connectivity index (χ3n) is 4.43. The molecule has 1 aliphatic heterocycles. The summed E-state index contributed by atoms with van der Waals surface area (Å²) in [4.78, 5) is 2.66. The highest BCUT2D eigenvalue weighted by molar-refractivity contribution is 5.20. The van der Waals surface area contributed by atoms with Gasteiger partial charge in [0.15, 0.2) is 0 Å². The Morgan fingerprint density at radius 3 is 2.21 bits per heavy atom. The van der Waals surface area contributed by atoms with Gasteiger partial charge >= 0.3 is 0 Å². The largest absolute Gasteiger partial charge is 0.312 e. The van der Waals surface area contributed by atoms with Crippen molar-refractivity contribution in [2.24, 2.45) is 11.8 Å². The second kappa shape index (κ2) is 6.53. The first-order valence-corrected chi connectivity index (χ1v) is 7.58. The molecule has 0 aliphatic carbocycles. The van der Waals surface area contributed by atoms with Crippen LogP contribution in [-0.2, 0) is 0 Å². The average Bonchev–Trinajstić information content (AvgIpc) is 2.39. The van der Waals surface area contributed by atoms with Crippen molar-refractivity contribution < 1.29 is 0 Å². The maximum absolute atomic E-state index is 3.50. The van der Waals surface area contributed by atoms with Gasteiger partial charge in [-0.1, -0.05) is 44.2 Å². The molecule has 1 saturated heterocycles. The van der Waals surface area contributed by atoms with Gasteiger partial charge in [0.2, 0.25) is 0 Å². The van der Waals surface area contributed by atoms with E-state index >= 15 is 0 Å². The van der Waals surface area contributed by atoms with Crippen molar-refractivity contribution in [1.29, 1.82) is 0 Å². The van der Waals surface area contributed by atoms with Crippen LogP contribution in [-0.4, -0.2) is 31.1 Å². The molecule has 2 nitrogen and oxygen atoms in total. The van der Waals surface area contributed by atoms with Crippen LogP contribution in [0, 0.1) is 11.8 Å². The molecule has 1 N–H and O–H groups in total. The van der Waals surface area contributed by atoms with Gasteiger partial charge < -0.3 is 5.32 Å². The first-order chi connectivity index (χ1) is 9.11. The Hall–Kier alpha value is -0.860. The molecule has 0 amide bonds. The van der Waals surface area contributed by atoms with Crippen LogP contribution < -0.4 is 5.32 Å². The van der Waals surface area contributed by atoms with Gasteiger partial charge in [-0.05, 0) is 37.8 Å². The van der Waals surface area contributed by atoms with Crippen LogP contribution in [0.5, 0.6) is 0 Å². The standard InChI is InChI=1S/C17H28N2/c1-13-10-14(2)12-19(11-13)15(3)17(18-4)16-8-6-5-7-9-16/h5-9,13-15,17-18H,10-12H2,1-4H3. The molecule has 4 unspecified atom stereocenters. The number of hydrogen-bond acceptors (Lipinski definition) is 2. The van der Waals surface area contributed by atoms with Crippen molar-refractivity contribution in [3.05, 3.63) is 35.9 Å². The summed E-state index contributed by atoms with van der Waals surface area (Å²) in [5, 5.41) is 3.50. The summed E-state index contributed by atoms with van der Waals surface area (Å²) in [7, 11) is 2.07. The van der Waals surface area contributed by atoms with Gasteiger partial charge in [0, 0.05) is 25.2 Å². The van der Waals surface area contributed by atoms with E-state index in [0.29, 0.717) is 12.1 Å². The van der Waals surface area contributed by atoms with E-state index in [1.165, 1.54) is 25.1 Å². The highest BCUT2D eigenvalue weighted by Crippen LogP contribution is 2.27. The molecule has 0 saturated carbocycles. The molecule has 0 bridgehead atoms. The monoisotopic (exact) mass is 260 g/mol. The fourth-order valence-corrected chi connectivity index (χ4v) is 3.60. The SMILES string of the molecule is CNC(c1ccccc1)C(C)N1CC(C)CC(C)C1. The van der Waals surface area contributed by atoms with Gasteiger partial charge in [-0.15, -0.1) is 0 Å². The van der Waals surface area contributed by atoms with Crippen molar-refractivity contribution in [3.63, 3.8) is 0 Å². The van der Waals surface area contributed by atoms with Gasteiger partial charge in [-0.25, -0.2) is 0 Å². The summed E-state index contributed by atoms with van der Waals surface area (Å²) < 4.78 is 0. The Morgan fingerprint density at radius 2 is 1.68 bits per heavy atom. The Kier molecular flexibility index (Phi) is 5.00. The number of likely N-dealkylation sites (N-methyl/N-ethyl adjacent to an activating group) is 1. The van der Waals surface area contributed by atoms with Gasteiger partial charge in [0.1, 0.15) is 0 Å². The number of nitrogens with zero attached hydrogens (tertiary/aromatic N) is 1.